The number of allylic oxidation sites excluding steroid dienone is 1. The molecule has 0 aromatic carbocycles. The number of rotatable bonds is 6. The zero-order chi connectivity index (χ0) is 16.7. The molecule has 22 heavy (non-hydrogen) atoms. The minimum Gasteiger partial charge on any atom is -0.353 e. The number of hydrogen-bond acceptors (Lipinski definition) is 3. The molecule has 0 aromatic heterocycles. The molecule has 0 N–H and O–H groups in total. The molecule has 0 aromatic rings. The highest BCUT2D eigenvalue weighted by molar-refractivity contribution is 5.80. The summed E-state index contributed by atoms with van der Waals surface area (Å²) >= 11 is 0. The van der Waals surface area contributed by atoms with E-state index in [1.54, 1.807) is 14.2 Å². The molecule has 2 fully saturated rings. The second kappa shape index (κ2) is 5.97. The van der Waals surface area contributed by atoms with Crippen molar-refractivity contribution in [1.82, 2.24) is 4.90 Å². The summed E-state index contributed by atoms with van der Waals surface area (Å²) in [5.74, 6) is 0.290. The van der Waals surface area contributed by atoms with E-state index < -0.39 is 5.79 Å². The van der Waals surface area contributed by atoms with Crippen molar-refractivity contribution >= 4 is 5.91 Å². The van der Waals surface area contributed by atoms with Crippen LogP contribution in [-0.2, 0) is 14.3 Å². The van der Waals surface area contributed by atoms with Gasteiger partial charge in [-0.3, -0.25) is 4.79 Å². The normalized spacial score (nSPS) is 26.5. The van der Waals surface area contributed by atoms with Crippen molar-refractivity contribution in [3.8, 4) is 0 Å². The van der Waals surface area contributed by atoms with Gasteiger partial charge in [-0.25, -0.2) is 0 Å². The zero-order valence-corrected chi connectivity index (χ0v) is 14.9. The quantitative estimate of drug-likeness (QED) is 0.558. The number of carbonyl (C=O) groups is 1. The Morgan fingerprint density at radius 2 is 1.82 bits per heavy atom. The molecular weight excluding hydrogens is 278 g/mol. The van der Waals surface area contributed by atoms with Crippen molar-refractivity contribution < 1.29 is 14.3 Å². The van der Waals surface area contributed by atoms with Gasteiger partial charge in [0.1, 0.15) is 0 Å². The van der Waals surface area contributed by atoms with Crippen molar-refractivity contribution in [2.75, 3.05) is 20.8 Å². The molecule has 1 aliphatic heterocycles. The van der Waals surface area contributed by atoms with Crippen molar-refractivity contribution in [2.45, 2.75) is 58.8 Å². The topological polar surface area (TPSA) is 38.8 Å². The highest BCUT2D eigenvalue weighted by Crippen LogP contribution is 2.61. The van der Waals surface area contributed by atoms with Gasteiger partial charge in [0.05, 0.1) is 0 Å². The molecule has 1 saturated heterocycles. The molecule has 1 amide bonds. The molecule has 1 spiro atoms. The average molecular weight is 309 g/mol. The van der Waals surface area contributed by atoms with Gasteiger partial charge in [0.25, 0.3) is 0 Å². The minimum absolute atomic E-state index is 0.0192. The lowest BCUT2D eigenvalue weighted by molar-refractivity contribution is -0.334. The molecule has 4 nitrogen and oxygen atoms in total. The molecule has 2 aliphatic rings. The Morgan fingerprint density at radius 1 is 1.27 bits per heavy atom. The SMILES string of the molecule is C=C(C)CC(C)C(=O)N1CC2(CC(OC)(OC)C2)C1C(C)C. The van der Waals surface area contributed by atoms with Crippen molar-refractivity contribution in [2.24, 2.45) is 17.3 Å². The van der Waals surface area contributed by atoms with E-state index in [1.165, 1.54) is 0 Å². The zero-order valence-electron chi connectivity index (χ0n) is 14.9. The first-order valence-corrected chi connectivity index (χ1v) is 8.25. The van der Waals surface area contributed by atoms with Crippen LogP contribution in [0.4, 0.5) is 0 Å². The Bertz CT molecular complexity index is 445. The smallest absolute Gasteiger partial charge is 0.226 e. The predicted molar refractivity (Wildman–Crippen MR) is 87.4 cm³/mol. The summed E-state index contributed by atoms with van der Waals surface area (Å²) in [6.45, 7) is 13.2. The molecular formula is C18H31NO3. The molecule has 126 valence electrons. The molecule has 2 unspecified atom stereocenters. The Balaban J connectivity index is 2.06. The highest BCUT2D eigenvalue weighted by atomic mass is 16.7. The predicted octanol–water partition coefficient (Wildman–Crippen LogP) is 3.22. The van der Waals surface area contributed by atoms with Gasteiger partial charge < -0.3 is 14.4 Å². The summed E-state index contributed by atoms with van der Waals surface area (Å²) < 4.78 is 11.1. The van der Waals surface area contributed by atoms with E-state index in [9.17, 15) is 4.79 Å². The molecule has 1 saturated carbocycles. The van der Waals surface area contributed by atoms with E-state index in [0.29, 0.717) is 12.0 Å². The fourth-order valence-corrected chi connectivity index (χ4v) is 4.64. The summed E-state index contributed by atoms with van der Waals surface area (Å²) in [6, 6.07) is 0.297. The molecule has 0 bridgehead atoms. The van der Waals surface area contributed by atoms with Crippen LogP contribution in [0.5, 0.6) is 0 Å². The summed E-state index contributed by atoms with van der Waals surface area (Å²) in [7, 11) is 3.41. The standard InChI is InChI=1S/C18H31NO3/c1-12(2)8-14(5)16(20)19-11-17(15(19)13(3)4)9-18(10-17,21-6)22-7/h13-15H,1,8-11H2,2-7H3. The van der Waals surface area contributed by atoms with Crippen LogP contribution in [0.25, 0.3) is 0 Å². The van der Waals surface area contributed by atoms with Gasteiger partial charge in [-0.05, 0) is 19.3 Å². The Kier molecular flexibility index (Phi) is 4.74. The van der Waals surface area contributed by atoms with E-state index in [2.05, 4.69) is 25.3 Å². The van der Waals surface area contributed by atoms with Gasteiger partial charge in [-0.15, -0.1) is 6.58 Å². The largest absolute Gasteiger partial charge is 0.353 e. The minimum atomic E-state index is -0.439. The van der Waals surface area contributed by atoms with E-state index in [-0.39, 0.29) is 17.2 Å². The van der Waals surface area contributed by atoms with Crippen LogP contribution in [0.15, 0.2) is 12.2 Å². The average Bonchev–Trinajstić information content (AvgIpc) is 2.35. The first-order chi connectivity index (χ1) is 10.2. The number of hydrogen-bond donors (Lipinski definition) is 0. The van der Waals surface area contributed by atoms with Crippen LogP contribution in [0.3, 0.4) is 0 Å². The van der Waals surface area contributed by atoms with Crippen molar-refractivity contribution in [3.63, 3.8) is 0 Å². The molecule has 2 rings (SSSR count). The first kappa shape index (κ1) is 17.5. The molecule has 1 heterocycles. The van der Waals surface area contributed by atoms with Crippen LogP contribution in [0.2, 0.25) is 0 Å². The number of methoxy groups -OCH3 is 2. The maximum atomic E-state index is 12.7. The van der Waals surface area contributed by atoms with Crippen LogP contribution in [0.1, 0.15) is 47.0 Å². The summed E-state index contributed by atoms with van der Waals surface area (Å²) in [4.78, 5) is 14.8. The maximum Gasteiger partial charge on any atom is 0.226 e. The summed E-state index contributed by atoms with van der Waals surface area (Å²) in [5.41, 5.74) is 1.25. The molecule has 4 heteroatoms. The molecule has 2 atom stereocenters. The number of likely N-dealkylation sites (tertiary alicyclic amines) is 1. The summed E-state index contributed by atoms with van der Waals surface area (Å²) in [5, 5.41) is 0. The second-order valence-corrected chi connectivity index (χ2v) is 7.75. The lowest BCUT2D eigenvalue weighted by Gasteiger charge is -2.68. The van der Waals surface area contributed by atoms with E-state index >= 15 is 0 Å². The van der Waals surface area contributed by atoms with E-state index in [1.807, 2.05) is 13.8 Å². The third-order valence-corrected chi connectivity index (χ3v) is 5.43. The van der Waals surface area contributed by atoms with Gasteiger partial charge in [-0.2, -0.15) is 0 Å². The third kappa shape index (κ3) is 2.71. The summed E-state index contributed by atoms with van der Waals surface area (Å²) in [6.07, 6.45) is 2.54. The molecule has 1 aliphatic carbocycles. The van der Waals surface area contributed by atoms with Gasteiger partial charge in [-0.1, -0.05) is 26.3 Å². The monoisotopic (exact) mass is 309 g/mol. The van der Waals surface area contributed by atoms with Crippen LogP contribution < -0.4 is 0 Å². The van der Waals surface area contributed by atoms with Gasteiger partial charge in [0, 0.05) is 51.0 Å². The fourth-order valence-electron chi connectivity index (χ4n) is 4.64. The van der Waals surface area contributed by atoms with Crippen molar-refractivity contribution in [3.05, 3.63) is 12.2 Å². The van der Waals surface area contributed by atoms with Gasteiger partial charge in [0.15, 0.2) is 5.79 Å². The number of amides is 1. The number of carbonyl (C=O) groups excluding carboxylic acids is 1. The van der Waals surface area contributed by atoms with Crippen molar-refractivity contribution in [1.29, 1.82) is 0 Å². The second-order valence-electron chi connectivity index (χ2n) is 7.75. The van der Waals surface area contributed by atoms with E-state index in [4.69, 9.17) is 9.47 Å². The Hall–Kier alpha value is -0.870. The third-order valence-electron chi connectivity index (χ3n) is 5.43. The van der Waals surface area contributed by atoms with Gasteiger partial charge in [0.2, 0.25) is 5.91 Å². The van der Waals surface area contributed by atoms with Crippen LogP contribution in [-0.4, -0.2) is 43.4 Å². The van der Waals surface area contributed by atoms with Crippen LogP contribution >= 0.6 is 0 Å². The first-order valence-electron chi connectivity index (χ1n) is 8.25. The van der Waals surface area contributed by atoms with Crippen LogP contribution in [0, 0.1) is 17.3 Å². The number of ether oxygens (including phenoxy) is 2. The Labute approximate surface area is 134 Å². The highest BCUT2D eigenvalue weighted by Gasteiger charge is 2.67. The Morgan fingerprint density at radius 3 is 2.23 bits per heavy atom. The maximum absolute atomic E-state index is 12.7. The molecule has 0 radical (unpaired) electrons. The van der Waals surface area contributed by atoms with E-state index in [0.717, 1.165) is 31.4 Å². The van der Waals surface area contributed by atoms with Gasteiger partial charge >= 0.3 is 0 Å². The lowest BCUT2D eigenvalue weighted by Crippen LogP contribution is -2.77. The lowest BCUT2D eigenvalue weighted by atomic mass is 9.52. The number of nitrogens with zero attached hydrogens (tertiary/aromatic N) is 1. The fraction of sp³-hybridized carbons (Fsp3) is 0.833.